The number of nitriles is 1. The second kappa shape index (κ2) is 9.89. The second-order valence-corrected chi connectivity index (χ2v) is 9.54. The maximum Gasteiger partial charge on any atom is 0.188 e. The van der Waals surface area contributed by atoms with Crippen molar-refractivity contribution in [1.29, 1.82) is 5.26 Å². The van der Waals surface area contributed by atoms with E-state index < -0.39 is 0 Å². The first-order valence-electron chi connectivity index (χ1n) is 13.1. The molecule has 7 rings (SSSR count). The standard InChI is InChI=1S/C35H20N6/c1-37-26-19-20-32(41-30-13-7-5-11-27(30)28-12-6-8-14-31(28)41)29(21-26)35-39-33(24-9-3-2-4-10-24)38-34(40-35)25-17-15-23(22-36)16-18-25/h2-21H. The van der Waals surface area contributed by atoms with Crippen molar-refractivity contribution < 1.29 is 0 Å². The fraction of sp³-hybridized carbons (Fsp3) is 0. The lowest BCUT2D eigenvalue weighted by atomic mass is 10.1. The highest BCUT2D eigenvalue weighted by atomic mass is 15.1. The fourth-order valence-electron chi connectivity index (χ4n) is 5.19. The molecular formula is C35H20N6. The lowest BCUT2D eigenvalue weighted by Gasteiger charge is -2.15. The lowest BCUT2D eigenvalue weighted by Crippen LogP contribution is -2.03. The zero-order valence-corrected chi connectivity index (χ0v) is 21.7. The number of aromatic nitrogens is 4. The van der Waals surface area contributed by atoms with Gasteiger partial charge in [-0.25, -0.2) is 19.8 Å². The van der Waals surface area contributed by atoms with Crippen molar-refractivity contribution in [2.24, 2.45) is 0 Å². The minimum absolute atomic E-state index is 0.459. The van der Waals surface area contributed by atoms with Crippen LogP contribution in [0.25, 0.3) is 66.5 Å². The average Bonchev–Trinajstić information content (AvgIpc) is 3.39. The molecule has 0 unspecified atom stereocenters. The minimum atomic E-state index is 0.459. The van der Waals surface area contributed by atoms with Gasteiger partial charge in [0.1, 0.15) is 0 Å². The van der Waals surface area contributed by atoms with Gasteiger partial charge in [-0.15, -0.1) is 0 Å². The minimum Gasteiger partial charge on any atom is -0.309 e. The van der Waals surface area contributed by atoms with Crippen molar-refractivity contribution in [3.63, 3.8) is 0 Å². The Labute approximate surface area is 236 Å². The Balaban J connectivity index is 1.54. The van der Waals surface area contributed by atoms with E-state index in [1.54, 1.807) is 12.1 Å². The van der Waals surface area contributed by atoms with Gasteiger partial charge < -0.3 is 4.57 Å². The highest BCUT2D eigenvalue weighted by Gasteiger charge is 2.19. The van der Waals surface area contributed by atoms with Crippen LogP contribution in [0.15, 0.2) is 121 Å². The Morgan fingerprint density at radius 3 is 1.78 bits per heavy atom. The van der Waals surface area contributed by atoms with Crippen molar-refractivity contribution in [2.45, 2.75) is 0 Å². The van der Waals surface area contributed by atoms with Crippen LogP contribution in [0.5, 0.6) is 0 Å². The molecule has 0 spiro atoms. The van der Waals surface area contributed by atoms with Gasteiger partial charge in [0.15, 0.2) is 23.2 Å². The number of fused-ring (bicyclic) bond motifs is 3. The van der Waals surface area contributed by atoms with Crippen LogP contribution >= 0.6 is 0 Å². The van der Waals surface area contributed by atoms with Crippen LogP contribution in [0, 0.1) is 17.9 Å². The molecule has 0 amide bonds. The molecule has 6 nitrogen and oxygen atoms in total. The van der Waals surface area contributed by atoms with E-state index >= 15 is 0 Å². The first-order valence-corrected chi connectivity index (χ1v) is 13.1. The van der Waals surface area contributed by atoms with Crippen LogP contribution in [0.4, 0.5) is 5.69 Å². The third kappa shape index (κ3) is 4.17. The molecule has 7 aromatic rings. The Kier molecular flexibility index (Phi) is 5.78. The molecule has 41 heavy (non-hydrogen) atoms. The van der Waals surface area contributed by atoms with E-state index in [1.807, 2.05) is 84.9 Å². The number of hydrogen-bond donors (Lipinski definition) is 0. The van der Waals surface area contributed by atoms with Gasteiger partial charge in [-0.3, -0.25) is 0 Å². The molecule has 0 aliphatic heterocycles. The van der Waals surface area contributed by atoms with Gasteiger partial charge in [0, 0.05) is 27.5 Å². The lowest BCUT2D eigenvalue weighted by molar-refractivity contribution is 1.06. The first-order chi connectivity index (χ1) is 20.2. The van der Waals surface area contributed by atoms with Crippen molar-refractivity contribution in [1.82, 2.24) is 19.5 Å². The Hall–Kier alpha value is -6.11. The Morgan fingerprint density at radius 1 is 0.610 bits per heavy atom. The van der Waals surface area contributed by atoms with Crippen LogP contribution in [0.3, 0.4) is 0 Å². The van der Waals surface area contributed by atoms with Gasteiger partial charge in [0.05, 0.1) is 34.9 Å². The molecule has 0 atom stereocenters. The molecule has 5 aromatic carbocycles. The monoisotopic (exact) mass is 524 g/mol. The molecule has 0 N–H and O–H groups in total. The number of para-hydroxylation sites is 2. The molecule has 0 aliphatic carbocycles. The maximum absolute atomic E-state index is 9.29. The van der Waals surface area contributed by atoms with Crippen LogP contribution in [-0.4, -0.2) is 19.5 Å². The van der Waals surface area contributed by atoms with Gasteiger partial charge in [0.25, 0.3) is 0 Å². The smallest absolute Gasteiger partial charge is 0.188 e. The molecule has 0 saturated carbocycles. The molecule has 190 valence electrons. The summed E-state index contributed by atoms with van der Waals surface area (Å²) in [5.41, 5.74) is 6.36. The predicted molar refractivity (Wildman–Crippen MR) is 161 cm³/mol. The van der Waals surface area contributed by atoms with E-state index in [9.17, 15) is 5.26 Å². The fourth-order valence-corrected chi connectivity index (χ4v) is 5.19. The second-order valence-electron chi connectivity index (χ2n) is 9.54. The van der Waals surface area contributed by atoms with Gasteiger partial charge in [-0.2, -0.15) is 5.26 Å². The topological polar surface area (TPSA) is 71.8 Å². The SMILES string of the molecule is [C-]#[N+]c1ccc(-n2c3ccccc3c3ccccc32)c(-c2nc(-c3ccccc3)nc(-c3ccc(C#N)cc3)n2)c1. The van der Waals surface area contributed by atoms with Crippen LogP contribution in [0.2, 0.25) is 0 Å². The largest absolute Gasteiger partial charge is 0.309 e. The third-order valence-electron chi connectivity index (χ3n) is 7.11. The van der Waals surface area contributed by atoms with E-state index in [-0.39, 0.29) is 0 Å². The summed E-state index contributed by atoms with van der Waals surface area (Å²) in [6, 6.07) is 41.4. The third-order valence-corrected chi connectivity index (χ3v) is 7.11. The predicted octanol–water partition coefficient (Wildman–Crippen LogP) is 8.39. The summed E-state index contributed by atoms with van der Waals surface area (Å²) in [7, 11) is 0. The summed E-state index contributed by atoms with van der Waals surface area (Å²) >= 11 is 0. The van der Waals surface area contributed by atoms with E-state index in [0.29, 0.717) is 28.7 Å². The van der Waals surface area contributed by atoms with Crippen molar-refractivity contribution in [2.75, 3.05) is 0 Å². The summed E-state index contributed by atoms with van der Waals surface area (Å²) < 4.78 is 2.21. The molecular weight excluding hydrogens is 504 g/mol. The summed E-state index contributed by atoms with van der Waals surface area (Å²) in [5.74, 6) is 1.47. The Morgan fingerprint density at radius 2 is 1.17 bits per heavy atom. The van der Waals surface area contributed by atoms with Gasteiger partial charge in [-0.1, -0.05) is 72.8 Å². The molecule has 0 radical (unpaired) electrons. The zero-order chi connectivity index (χ0) is 27.8. The average molecular weight is 525 g/mol. The van der Waals surface area contributed by atoms with Gasteiger partial charge in [0.2, 0.25) is 0 Å². The van der Waals surface area contributed by atoms with E-state index in [1.165, 1.54) is 0 Å². The van der Waals surface area contributed by atoms with Crippen LogP contribution in [0.1, 0.15) is 5.56 Å². The van der Waals surface area contributed by atoms with Crippen molar-refractivity contribution in [3.05, 3.63) is 138 Å². The molecule has 6 heteroatoms. The molecule has 0 bridgehead atoms. The number of rotatable bonds is 4. The van der Waals surface area contributed by atoms with E-state index in [2.05, 4.69) is 39.7 Å². The molecule has 0 saturated heterocycles. The van der Waals surface area contributed by atoms with Crippen molar-refractivity contribution >= 4 is 27.5 Å². The van der Waals surface area contributed by atoms with Gasteiger partial charge >= 0.3 is 0 Å². The molecule has 2 aromatic heterocycles. The first kappa shape index (κ1) is 24.0. The maximum atomic E-state index is 9.29. The van der Waals surface area contributed by atoms with Crippen LogP contribution < -0.4 is 0 Å². The molecule has 0 aliphatic rings. The van der Waals surface area contributed by atoms with E-state index in [0.717, 1.165) is 44.2 Å². The number of hydrogen-bond acceptors (Lipinski definition) is 4. The van der Waals surface area contributed by atoms with Crippen molar-refractivity contribution in [3.8, 4) is 45.9 Å². The van der Waals surface area contributed by atoms with Crippen LogP contribution in [-0.2, 0) is 0 Å². The van der Waals surface area contributed by atoms with E-state index in [4.69, 9.17) is 21.5 Å². The zero-order valence-electron chi connectivity index (χ0n) is 21.7. The number of benzene rings is 5. The molecule has 0 fully saturated rings. The van der Waals surface area contributed by atoms with Gasteiger partial charge in [-0.05, 0) is 48.5 Å². The number of nitrogens with zero attached hydrogens (tertiary/aromatic N) is 6. The Bertz CT molecular complexity index is 2110. The quantitative estimate of drug-likeness (QED) is 0.217. The summed E-state index contributed by atoms with van der Waals surface area (Å²) in [5, 5.41) is 11.6. The molecule has 2 heterocycles. The summed E-state index contributed by atoms with van der Waals surface area (Å²) in [6.07, 6.45) is 0. The summed E-state index contributed by atoms with van der Waals surface area (Å²) in [6.45, 7) is 7.74. The highest BCUT2D eigenvalue weighted by Crippen LogP contribution is 2.37. The normalized spacial score (nSPS) is 10.9. The highest BCUT2D eigenvalue weighted by molar-refractivity contribution is 6.09. The summed E-state index contributed by atoms with van der Waals surface area (Å²) in [4.78, 5) is 18.4.